The quantitative estimate of drug-likeness (QED) is 0.633. The Morgan fingerprint density at radius 1 is 1.14 bits per heavy atom. The molecule has 0 atom stereocenters. The number of hydrogen-bond donors (Lipinski definition) is 0. The van der Waals surface area contributed by atoms with Gasteiger partial charge in [-0.25, -0.2) is 0 Å². The van der Waals surface area contributed by atoms with Crippen molar-refractivity contribution in [2.24, 2.45) is 0 Å². The van der Waals surface area contributed by atoms with E-state index in [1.165, 1.54) is 0 Å². The molecule has 14 heavy (non-hydrogen) atoms. The first-order chi connectivity index (χ1) is 5.88. The van der Waals surface area contributed by atoms with Gasteiger partial charge in [0.15, 0.2) is 0 Å². The van der Waals surface area contributed by atoms with Crippen LogP contribution in [0.4, 0.5) is 12.9 Å². The normalized spacial score (nSPS) is 10.9. The second-order valence-corrected chi connectivity index (χ2v) is 3.34. The summed E-state index contributed by atoms with van der Waals surface area (Å²) in [7, 11) is 0. The van der Waals surface area contributed by atoms with E-state index in [0.29, 0.717) is 11.1 Å². The molecule has 0 aliphatic carbocycles. The Kier molecular flexibility index (Phi) is 5.99. The number of aryl methyl sites for hydroxylation is 2. The van der Waals surface area contributed by atoms with Crippen LogP contribution in [0.1, 0.15) is 16.7 Å². The fourth-order valence-electron chi connectivity index (χ4n) is 1.27. The van der Waals surface area contributed by atoms with E-state index in [4.69, 9.17) is 0 Å². The van der Waals surface area contributed by atoms with Crippen LogP contribution >= 0.6 is 0 Å². The van der Waals surface area contributed by atoms with Gasteiger partial charge in [-0.3, -0.25) is 0 Å². The molecule has 0 saturated heterocycles. The molecule has 0 heterocycles. The van der Waals surface area contributed by atoms with E-state index >= 15 is 0 Å². The molecule has 1 aromatic carbocycles. The summed E-state index contributed by atoms with van der Waals surface area (Å²) in [4.78, 5) is 0. The number of benzene rings is 1. The van der Waals surface area contributed by atoms with Gasteiger partial charge in [0.1, 0.15) is 0 Å². The van der Waals surface area contributed by atoms with Crippen LogP contribution in [0.3, 0.4) is 0 Å². The van der Waals surface area contributed by atoms with Crippen LogP contribution in [0.5, 0.6) is 0 Å². The molecule has 5 heteroatoms. The average molecular weight is 226 g/mol. The summed E-state index contributed by atoms with van der Waals surface area (Å²) in [6, 6.07) is 5.15. The second kappa shape index (κ2) is 5.70. The van der Waals surface area contributed by atoms with E-state index < -0.39 is 13.3 Å². The van der Waals surface area contributed by atoms with Crippen LogP contribution in [0.15, 0.2) is 18.2 Å². The van der Waals surface area contributed by atoms with Crippen molar-refractivity contribution >= 4 is 6.98 Å². The van der Waals surface area contributed by atoms with Gasteiger partial charge in [-0.2, -0.15) is 0 Å². The van der Waals surface area contributed by atoms with E-state index in [1.807, 2.05) is 6.07 Å². The summed E-state index contributed by atoms with van der Waals surface area (Å²) in [6.07, 6.45) is -0.770. The van der Waals surface area contributed by atoms with E-state index in [2.05, 4.69) is 0 Å². The summed E-state index contributed by atoms with van der Waals surface area (Å²) in [5.74, 6) is 0. The fraction of sp³-hybridized carbons (Fsp3) is 0.333. The standard InChI is InChI=1S/C9H11BF3.K/c1-7-3-4-8(2)9(5-7)6-10(11,12)13;/h3-5H,6H2,1-2H3;/q-1;+1. The Labute approximate surface area is 125 Å². The van der Waals surface area contributed by atoms with Gasteiger partial charge in [-0.15, -0.1) is 0 Å². The first kappa shape index (κ1) is 14.7. The van der Waals surface area contributed by atoms with E-state index in [0.717, 1.165) is 5.56 Å². The molecule has 0 fully saturated rings. The zero-order valence-electron chi connectivity index (χ0n) is 8.65. The van der Waals surface area contributed by atoms with Crippen molar-refractivity contribution in [2.45, 2.75) is 20.2 Å². The molecule has 0 amide bonds. The van der Waals surface area contributed by atoms with Crippen molar-refractivity contribution in [3.05, 3.63) is 34.9 Å². The van der Waals surface area contributed by atoms with Crippen molar-refractivity contribution in [3.63, 3.8) is 0 Å². The van der Waals surface area contributed by atoms with Crippen LogP contribution in [0.2, 0.25) is 0 Å². The zero-order valence-corrected chi connectivity index (χ0v) is 11.8. The molecule has 0 spiro atoms. The number of halogens is 3. The Hall–Kier alpha value is 0.711. The Balaban J connectivity index is 0.00000169. The molecule has 0 nitrogen and oxygen atoms in total. The molecule has 1 aromatic rings. The molecule has 1 rings (SSSR count). The zero-order chi connectivity index (χ0) is 10.1. The van der Waals surface area contributed by atoms with Crippen molar-refractivity contribution < 1.29 is 64.3 Å². The molecule has 0 aromatic heterocycles. The summed E-state index contributed by atoms with van der Waals surface area (Å²) >= 11 is 0. The maximum atomic E-state index is 12.1. The molecule has 0 aliphatic rings. The van der Waals surface area contributed by atoms with Gasteiger partial charge in [-0.1, -0.05) is 41.2 Å². The van der Waals surface area contributed by atoms with Gasteiger partial charge in [0.25, 0.3) is 0 Å². The van der Waals surface area contributed by atoms with Crippen molar-refractivity contribution in [3.8, 4) is 0 Å². The average Bonchev–Trinajstić information content (AvgIpc) is 1.94. The molecule has 0 aliphatic heterocycles. The predicted molar refractivity (Wildman–Crippen MR) is 48.7 cm³/mol. The molecule has 72 valence electrons. The summed E-state index contributed by atoms with van der Waals surface area (Å²) in [6.45, 7) is -1.21. The van der Waals surface area contributed by atoms with Crippen molar-refractivity contribution in [1.29, 1.82) is 0 Å². The van der Waals surface area contributed by atoms with Crippen LogP contribution in [0.25, 0.3) is 0 Å². The molecular formula is C9H11BF3K. The van der Waals surface area contributed by atoms with Crippen LogP contribution in [-0.4, -0.2) is 6.98 Å². The van der Waals surface area contributed by atoms with Gasteiger partial charge in [-0.05, 0) is 13.8 Å². The summed E-state index contributed by atoms with van der Waals surface area (Å²) < 4.78 is 36.3. The minimum Gasteiger partial charge on any atom is -0.449 e. The Morgan fingerprint density at radius 2 is 1.71 bits per heavy atom. The van der Waals surface area contributed by atoms with Crippen LogP contribution in [0, 0.1) is 13.8 Å². The smallest absolute Gasteiger partial charge is 0.449 e. The number of rotatable bonds is 2. The summed E-state index contributed by atoms with van der Waals surface area (Å²) in [5, 5.41) is 0. The molecule has 0 bridgehead atoms. The van der Waals surface area contributed by atoms with E-state index in [1.54, 1.807) is 26.0 Å². The Morgan fingerprint density at radius 3 is 2.21 bits per heavy atom. The molecule has 0 radical (unpaired) electrons. The van der Waals surface area contributed by atoms with Crippen molar-refractivity contribution in [2.75, 3.05) is 0 Å². The van der Waals surface area contributed by atoms with Gasteiger partial charge >= 0.3 is 58.4 Å². The maximum absolute atomic E-state index is 12.1. The third-order valence-electron chi connectivity index (χ3n) is 1.96. The monoisotopic (exact) mass is 226 g/mol. The van der Waals surface area contributed by atoms with Gasteiger partial charge < -0.3 is 12.9 Å². The summed E-state index contributed by atoms with van der Waals surface area (Å²) in [5.41, 5.74) is 1.98. The minimum atomic E-state index is -4.72. The minimum absolute atomic E-state index is 0. The third-order valence-corrected chi connectivity index (χ3v) is 1.96. The predicted octanol–water partition coefficient (Wildman–Crippen LogP) is 0.237. The van der Waals surface area contributed by atoms with Gasteiger partial charge in [0.05, 0.1) is 0 Å². The van der Waals surface area contributed by atoms with Crippen LogP contribution < -0.4 is 51.4 Å². The SMILES string of the molecule is Cc1ccc(C)c(C[B-](F)(F)F)c1.[K+]. The first-order valence-electron chi connectivity index (χ1n) is 4.15. The number of hydrogen-bond acceptors (Lipinski definition) is 0. The molecule has 0 unspecified atom stereocenters. The third kappa shape index (κ3) is 4.98. The fourth-order valence-corrected chi connectivity index (χ4v) is 1.27. The second-order valence-electron chi connectivity index (χ2n) is 3.34. The Bertz CT molecular complexity index is 309. The molecular weight excluding hydrogens is 215 g/mol. The first-order valence-corrected chi connectivity index (χ1v) is 4.15. The van der Waals surface area contributed by atoms with Gasteiger partial charge in [0.2, 0.25) is 0 Å². The van der Waals surface area contributed by atoms with Gasteiger partial charge in [0, 0.05) is 0 Å². The topological polar surface area (TPSA) is 0 Å². The van der Waals surface area contributed by atoms with Crippen LogP contribution in [-0.2, 0) is 6.32 Å². The van der Waals surface area contributed by atoms with E-state index in [9.17, 15) is 12.9 Å². The molecule has 0 saturated carbocycles. The van der Waals surface area contributed by atoms with Crippen molar-refractivity contribution in [1.82, 2.24) is 0 Å². The largest absolute Gasteiger partial charge is 1.00 e. The maximum Gasteiger partial charge on any atom is 1.00 e. The molecule has 0 N–H and O–H groups in total. The van der Waals surface area contributed by atoms with E-state index in [-0.39, 0.29) is 51.4 Å².